The molecule has 4 aromatic rings. The zero-order chi connectivity index (χ0) is 20.8. The van der Waals surface area contributed by atoms with Crippen molar-refractivity contribution in [3.8, 4) is 5.88 Å². The van der Waals surface area contributed by atoms with E-state index in [4.69, 9.17) is 0 Å². The Morgan fingerprint density at radius 1 is 1.37 bits per heavy atom. The number of hydrogen-bond acceptors (Lipinski definition) is 7. The molecule has 1 amide bonds. The van der Waals surface area contributed by atoms with Crippen molar-refractivity contribution in [2.75, 3.05) is 5.32 Å². The molecular weight excluding hydrogens is 390 g/mol. The van der Waals surface area contributed by atoms with Gasteiger partial charge in [0.05, 0.1) is 12.2 Å². The van der Waals surface area contributed by atoms with Crippen LogP contribution in [0.2, 0.25) is 0 Å². The highest BCUT2D eigenvalue weighted by Crippen LogP contribution is 2.22. The van der Waals surface area contributed by atoms with Crippen molar-refractivity contribution in [1.29, 1.82) is 0 Å². The van der Waals surface area contributed by atoms with Gasteiger partial charge < -0.3 is 15.4 Å². The number of hydrogen-bond donors (Lipinski definition) is 5. The van der Waals surface area contributed by atoms with Crippen molar-refractivity contribution in [3.63, 3.8) is 0 Å². The quantitative estimate of drug-likeness (QED) is 0.301. The maximum absolute atomic E-state index is 12.5. The SMILES string of the molecule is Cc1cc(C(=O)Nc2cc(=NC3CC3)n3ncc(=Cc4[nH]c(=O)[nH]c4O)c3n2)n[nH]1. The van der Waals surface area contributed by atoms with E-state index in [1.54, 1.807) is 29.8 Å². The summed E-state index contributed by atoms with van der Waals surface area (Å²) in [7, 11) is 0. The number of amides is 1. The van der Waals surface area contributed by atoms with E-state index < -0.39 is 11.6 Å². The maximum atomic E-state index is 12.5. The van der Waals surface area contributed by atoms with Gasteiger partial charge in [-0.3, -0.25) is 19.9 Å². The van der Waals surface area contributed by atoms with Gasteiger partial charge in [-0.05, 0) is 31.9 Å². The Bertz CT molecular complexity index is 1450. The summed E-state index contributed by atoms with van der Waals surface area (Å²) >= 11 is 0. The van der Waals surface area contributed by atoms with Gasteiger partial charge in [0, 0.05) is 17.0 Å². The molecule has 1 aliphatic rings. The van der Waals surface area contributed by atoms with E-state index >= 15 is 0 Å². The number of carbonyl (C=O) groups is 1. The molecule has 12 heteroatoms. The first-order valence-corrected chi connectivity index (χ1v) is 9.25. The summed E-state index contributed by atoms with van der Waals surface area (Å²) in [6.07, 6.45) is 5.07. The fourth-order valence-electron chi connectivity index (χ4n) is 2.97. The lowest BCUT2D eigenvalue weighted by atomic mass is 10.3. The van der Waals surface area contributed by atoms with Crippen LogP contribution in [0.4, 0.5) is 5.82 Å². The van der Waals surface area contributed by atoms with E-state index in [2.05, 4.69) is 40.6 Å². The number of aromatic hydroxyl groups is 1. The summed E-state index contributed by atoms with van der Waals surface area (Å²) < 4.78 is 1.56. The fourth-order valence-corrected chi connectivity index (χ4v) is 2.97. The predicted octanol–water partition coefficient (Wildman–Crippen LogP) is -0.654. The van der Waals surface area contributed by atoms with Crippen LogP contribution in [0.1, 0.15) is 34.7 Å². The van der Waals surface area contributed by atoms with Crippen LogP contribution in [0, 0.1) is 6.92 Å². The predicted molar refractivity (Wildman–Crippen MR) is 105 cm³/mol. The number of fused-ring (bicyclic) bond motifs is 1. The number of carbonyl (C=O) groups excluding carboxylic acids is 1. The summed E-state index contributed by atoms with van der Waals surface area (Å²) in [6, 6.07) is 3.50. The van der Waals surface area contributed by atoms with Crippen LogP contribution in [0.25, 0.3) is 11.7 Å². The van der Waals surface area contributed by atoms with E-state index in [1.807, 2.05) is 0 Å². The lowest BCUT2D eigenvalue weighted by molar-refractivity contribution is 0.102. The van der Waals surface area contributed by atoms with Crippen molar-refractivity contribution >= 4 is 23.4 Å². The lowest BCUT2D eigenvalue weighted by Gasteiger charge is -2.04. The standard InChI is InChI=1S/C18H17N9O3/c1-8-4-12(26-25-8)17(29)23-13-6-14(20-10-2-3-10)27-15(22-13)9(7-19-27)5-11-16(28)24-18(30)21-11/h4-7,10,28H,2-3H2,1H3,(H,23,29)(H,25,26)(H2,21,24,30). The summed E-state index contributed by atoms with van der Waals surface area (Å²) in [5.74, 6) is -0.415. The van der Waals surface area contributed by atoms with E-state index in [9.17, 15) is 14.7 Å². The molecule has 4 heterocycles. The molecule has 30 heavy (non-hydrogen) atoms. The molecule has 0 radical (unpaired) electrons. The van der Waals surface area contributed by atoms with E-state index in [0.717, 1.165) is 18.5 Å². The van der Waals surface area contributed by atoms with Crippen molar-refractivity contribution in [1.82, 2.24) is 34.8 Å². The monoisotopic (exact) mass is 407 g/mol. The van der Waals surface area contributed by atoms with Gasteiger partial charge in [-0.2, -0.15) is 14.7 Å². The summed E-state index contributed by atoms with van der Waals surface area (Å²) in [4.78, 5) is 37.8. The van der Waals surface area contributed by atoms with Crippen molar-refractivity contribution in [3.05, 3.63) is 56.6 Å². The van der Waals surface area contributed by atoms with Gasteiger partial charge in [-0.25, -0.2) is 9.78 Å². The molecular formula is C18H17N9O3. The highest BCUT2D eigenvalue weighted by molar-refractivity contribution is 6.02. The third-order valence-corrected chi connectivity index (χ3v) is 4.56. The molecule has 0 unspecified atom stereocenters. The van der Waals surface area contributed by atoms with E-state index in [-0.39, 0.29) is 29.1 Å². The zero-order valence-corrected chi connectivity index (χ0v) is 15.8. The molecule has 0 bridgehead atoms. The molecule has 0 atom stereocenters. The average molecular weight is 407 g/mol. The van der Waals surface area contributed by atoms with E-state index in [1.165, 1.54) is 6.08 Å². The van der Waals surface area contributed by atoms with Crippen LogP contribution in [0.15, 0.2) is 28.1 Å². The van der Waals surface area contributed by atoms with Crippen LogP contribution < -0.4 is 21.7 Å². The Morgan fingerprint density at radius 2 is 2.20 bits per heavy atom. The van der Waals surface area contributed by atoms with Crippen molar-refractivity contribution < 1.29 is 9.90 Å². The summed E-state index contributed by atoms with van der Waals surface area (Å²) in [6.45, 7) is 1.80. The number of rotatable bonds is 4. The number of aryl methyl sites for hydroxylation is 1. The molecule has 12 nitrogen and oxygen atoms in total. The molecule has 4 aromatic heterocycles. The van der Waals surface area contributed by atoms with Crippen LogP contribution in [0.3, 0.4) is 0 Å². The third kappa shape index (κ3) is 3.34. The lowest BCUT2D eigenvalue weighted by Crippen LogP contribution is -2.22. The number of aromatic nitrogens is 7. The van der Waals surface area contributed by atoms with Gasteiger partial charge in [0.1, 0.15) is 11.5 Å². The molecule has 1 aliphatic carbocycles. The Labute approximate surface area is 167 Å². The molecule has 1 fully saturated rings. The minimum atomic E-state index is -0.533. The second-order valence-corrected chi connectivity index (χ2v) is 7.07. The molecule has 1 saturated carbocycles. The number of nitrogens with zero attached hydrogens (tertiary/aromatic N) is 5. The highest BCUT2D eigenvalue weighted by atomic mass is 16.3. The maximum Gasteiger partial charge on any atom is 0.326 e. The topological polar surface area (TPSA) is 169 Å². The van der Waals surface area contributed by atoms with Gasteiger partial charge >= 0.3 is 5.69 Å². The minimum absolute atomic E-state index is 0.193. The third-order valence-electron chi connectivity index (χ3n) is 4.56. The van der Waals surface area contributed by atoms with Crippen LogP contribution in [0.5, 0.6) is 5.88 Å². The van der Waals surface area contributed by atoms with Gasteiger partial charge in [0.2, 0.25) is 5.88 Å². The van der Waals surface area contributed by atoms with Gasteiger partial charge in [-0.1, -0.05) is 0 Å². The average Bonchev–Trinajstić information content (AvgIpc) is 3.10. The molecule has 152 valence electrons. The Kier molecular flexibility index (Phi) is 3.98. The number of anilines is 1. The zero-order valence-electron chi connectivity index (χ0n) is 15.8. The van der Waals surface area contributed by atoms with Crippen LogP contribution in [-0.4, -0.2) is 51.8 Å². The van der Waals surface area contributed by atoms with Crippen LogP contribution >= 0.6 is 0 Å². The van der Waals surface area contributed by atoms with Gasteiger partial charge in [0.25, 0.3) is 5.91 Å². The molecule has 0 spiro atoms. The number of H-pyrrole nitrogens is 3. The largest absolute Gasteiger partial charge is 0.493 e. The Hall–Kier alpha value is -4.22. The van der Waals surface area contributed by atoms with E-state index in [0.29, 0.717) is 16.4 Å². The first-order chi connectivity index (χ1) is 14.5. The summed E-state index contributed by atoms with van der Waals surface area (Å²) in [5, 5.41) is 24.1. The number of imidazole rings is 1. The molecule has 0 aromatic carbocycles. The first-order valence-electron chi connectivity index (χ1n) is 9.25. The van der Waals surface area contributed by atoms with Crippen molar-refractivity contribution in [2.45, 2.75) is 25.8 Å². The summed E-state index contributed by atoms with van der Waals surface area (Å²) in [5.41, 5.74) is 1.62. The Balaban J connectivity index is 1.64. The minimum Gasteiger partial charge on any atom is -0.493 e. The van der Waals surface area contributed by atoms with Crippen molar-refractivity contribution in [2.24, 2.45) is 4.99 Å². The van der Waals surface area contributed by atoms with Gasteiger partial charge in [0.15, 0.2) is 16.8 Å². The first kappa shape index (κ1) is 17.8. The molecule has 5 N–H and O–H groups in total. The number of nitrogens with one attached hydrogen (secondary N) is 4. The smallest absolute Gasteiger partial charge is 0.326 e. The highest BCUT2D eigenvalue weighted by Gasteiger charge is 2.20. The molecule has 5 rings (SSSR count). The normalized spacial score (nSPS) is 15.2. The van der Waals surface area contributed by atoms with Gasteiger partial charge in [-0.15, -0.1) is 0 Å². The molecule has 0 aliphatic heterocycles. The molecule has 0 saturated heterocycles. The second kappa shape index (κ2) is 6.69. The van der Waals surface area contributed by atoms with Crippen LogP contribution in [-0.2, 0) is 0 Å². The number of aromatic amines is 3. The fraction of sp³-hybridized carbons (Fsp3) is 0.222. The second-order valence-electron chi connectivity index (χ2n) is 7.07. The Morgan fingerprint density at radius 3 is 2.87 bits per heavy atom.